The van der Waals surface area contributed by atoms with Gasteiger partial charge in [0.1, 0.15) is 6.29 Å². The molecule has 4 heteroatoms. The van der Waals surface area contributed by atoms with E-state index in [1.54, 1.807) is 13.0 Å². The third-order valence-corrected chi connectivity index (χ3v) is 1.47. The zero-order chi connectivity index (χ0) is 11.1. The van der Waals surface area contributed by atoms with Crippen molar-refractivity contribution >= 4 is 12.3 Å². The molecule has 0 fully saturated rings. The summed E-state index contributed by atoms with van der Waals surface area (Å²) in [7, 11) is 0. The van der Waals surface area contributed by atoms with Crippen molar-refractivity contribution in [2.24, 2.45) is 0 Å². The van der Waals surface area contributed by atoms with Crippen LogP contribution in [0.3, 0.4) is 0 Å². The van der Waals surface area contributed by atoms with Gasteiger partial charge in [-0.1, -0.05) is 19.9 Å². The molecule has 1 aromatic carbocycles. The summed E-state index contributed by atoms with van der Waals surface area (Å²) < 4.78 is 0. The number of benzene rings is 1. The van der Waals surface area contributed by atoms with Gasteiger partial charge in [0, 0.05) is 5.56 Å². The molecular formula is C11H13KO3. The molecule has 0 bridgehead atoms. The van der Waals surface area contributed by atoms with Crippen LogP contribution < -0.4 is 56.5 Å². The van der Waals surface area contributed by atoms with E-state index in [0.29, 0.717) is 11.8 Å². The van der Waals surface area contributed by atoms with Gasteiger partial charge in [-0.05, 0) is 30.2 Å². The number of carboxylic acid groups (broad SMARTS) is 1. The molecule has 0 saturated carbocycles. The van der Waals surface area contributed by atoms with Crippen LogP contribution in [0.2, 0.25) is 0 Å². The van der Waals surface area contributed by atoms with Crippen LogP contribution in [-0.4, -0.2) is 12.3 Å². The number of aromatic carboxylic acids is 1. The number of rotatable bonds is 2. The number of hydrogen-bond acceptors (Lipinski definition) is 3. The van der Waals surface area contributed by atoms with Crippen molar-refractivity contribution < 1.29 is 66.1 Å². The fraction of sp³-hybridized carbons (Fsp3) is 0.273. The van der Waals surface area contributed by atoms with Gasteiger partial charge in [-0.2, -0.15) is 0 Å². The molecule has 0 aliphatic rings. The maximum Gasteiger partial charge on any atom is 1.00 e. The van der Waals surface area contributed by atoms with Crippen LogP contribution in [-0.2, 0) is 0 Å². The van der Waals surface area contributed by atoms with Crippen LogP contribution >= 0.6 is 0 Å². The quantitative estimate of drug-likeness (QED) is 0.446. The number of aryl methyl sites for hydroxylation is 1. The minimum atomic E-state index is -1.26. The number of carbonyl (C=O) groups is 2. The Labute approximate surface area is 132 Å². The Kier molecular flexibility index (Phi) is 10.7. The zero-order valence-corrected chi connectivity index (χ0v) is 12.7. The molecule has 0 aliphatic carbocycles. The van der Waals surface area contributed by atoms with Crippen LogP contribution in [0.15, 0.2) is 18.2 Å². The summed E-state index contributed by atoms with van der Waals surface area (Å²) in [5.41, 5.74) is 1.13. The Hall–Kier alpha value is -0.00364. The molecule has 0 atom stereocenters. The van der Waals surface area contributed by atoms with Gasteiger partial charge in [0.2, 0.25) is 0 Å². The average molecular weight is 232 g/mol. The van der Waals surface area contributed by atoms with Gasteiger partial charge >= 0.3 is 51.4 Å². The predicted molar refractivity (Wildman–Crippen MR) is 52.2 cm³/mol. The normalized spacial score (nSPS) is 7.93. The van der Waals surface area contributed by atoms with E-state index >= 15 is 0 Å². The van der Waals surface area contributed by atoms with Crippen molar-refractivity contribution in [3.8, 4) is 0 Å². The number of carbonyl (C=O) groups excluding carboxylic acids is 2. The summed E-state index contributed by atoms with van der Waals surface area (Å²) in [6, 6.07) is 4.36. The molecule has 0 aliphatic heterocycles. The Balaban J connectivity index is 0. The van der Waals surface area contributed by atoms with Crippen LogP contribution in [0.4, 0.5) is 0 Å². The van der Waals surface area contributed by atoms with Crippen molar-refractivity contribution in [1.29, 1.82) is 0 Å². The second kappa shape index (κ2) is 9.24. The molecule has 0 aromatic heterocycles. The van der Waals surface area contributed by atoms with Gasteiger partial charge < -0.3 is 9.90 Å². The predicted octanol–water partition coefficient (Wildman–Crippen LogP) is -1.80. The number of hydrogen-bond donors (Lipinski definition) is 0. The summed E-state index contributed by atoms with van der Waals surface area (Å²) in [6.45, 7) is 5.72. The van der Waals surface area contributed by atoms with E-state index in [1.807, 2.05) is 13.8 Å². The zero-order valence-electron chi connectivity index (χ0n) is 9.53. The standard InChI is InChI=1S/C9H8O3.C2H6.K/c1-6-2-7(5-10)4-8(3-6)9(11)12;1-2;/h2-5H,1H3,(H,11,12);1-2H3;/q;;+1/p-1. The van der Waals surface area contributed by atoms with Crippen molar-refractivity contribution in [2.75, 3.05) is 0 Å². The van der Waals surface area contributed by atoms with E-state index in [0.717, 1.165) is 5.56 Å². The summed E-state index contributed by atoms with van der Waals surface area (Å²) in [5, 5.41) is 10.4. The fourth-order valence-corrected chi connectivity index (χ4v) is 0.999. The van der Waals surface area contributed by atoms with E-state index in [9.17, 15) is 14.7 Å². The van der Waals surface area contributed by atoms with Crippen LogP contribution in [0.25, 0.3) is 0 Å². The van der Waals surface area contributed by atoms with Gasteiger partial charge in [0.15, 0.2) is 0 Å². The van der Waals surface area contributed by atoms with Crippen molar-refractivity contribution in [1.82, 2.24) is 0 Å². The topological polar surface area (TPSA) is 57.2 Å². The van der Waals surface area contributed by atoms with Crippen LogP contribution in [0.5, 0.6) is 0 Å². The van der Waals surface area contributed by atoms with Crippen molar-refractivity contribution in [3.05, 3.63) is 34.9 Å². The van der Waals surface area contributed by atoms with Crippen molar-refractivity contribution in [2.45, 2.75) is 20.8 Å². The van der Waals surface area contributed by atoms with E-state index < -0.39 is 5.97 Å². The van der Waals surface area contributed by atoms with Gasteiger partial charge in [-0.3, -0.25) is 4.79 Å². The molecule has 1 aromatic rings. The maximum absolute atomic E-state index is 10.4. The molecule has 0 N–H and O–H groups in total. The Bertz CT molecular complexity index is 335. The molecule has 0 radical (unpaired) electrons. The summed E-state index contributed by atoms with van der Waals surface area (Å²) in [6.07, 6.45) is 0.611. The first-order chi connectivity index (χ1) is 6.63. The van der Waals surface area contributed by atoms with Gasteiger partial charge in [0.05, 0.1) is 5.97 Å². The van der Waals surface area contributed by atoms with E-state index in [1.165, 1.54) is 12.1 Å². The van der Waals surface area contributed by atoms with Crippen LogP contribution in [0, 0.1) is 6.92 Å². The van der Waals surface area contributed by atoms with Crippen LogP contribution in [0.1, 0.15) is 40.1 Å². The molecule has 15 heavy (non-hydrogen) atoms. The number of aldehydes is 1. The molecule has 0 amide bonds. The minimum Gasteiger partial charge on any atom is -0.545 e. The summed E-state index contributed by atoms with van der Waals surface area (Å²) >= 11 is 0. The van der Waals surface area contributed by atoms with Gasteiger partial charge in [-0.15, -0.1) is 0 Å². The molecule has 0 spiro atoms. The van der Waals surface area contributed by atoms with E-state index in [-0.39, 0.29) is 56.9 Å². The molecule has 0 saturated heterocycles. The molecule has 76 valence electrons. The first-order valence-corrected chi connectivity index (χ1v) is 4.41. The summed E-state index contributed by atoms with van der Waals surface area (Å²) in [4.78, 5) is 20.7. The molecular weight excluding hydrogens is 219 g/mol. The molecule has 0 unspecified atom stereocenters. The van der Waals surface area contributed by atoms with E-state index in [4.69, 9.17) is 0 Å². The second-order valence-electron chi connectivity index (χ2n) is 2.54. The molecule has 1 rings (SSSR count). The van der Waals surface area contributed by atoms with Gasteiger partial charge in [-0.25, -0.2) is 0 Å². The Morgan fingerprint density at radius 3 is 2.20 bits per heavy atom. The summed E-state index contributed by atoms with van der Waals surface area (Å²) in [5.74, 6) is -1.26. The molecule has 0 heterocycles. The van der Waals surface area contributed by atoms with Crippen molar-refractivity contribution in [3.63, 3.8) is 0 Å². The smallest absolute Gasteiger partial charge is 0.545 e. The Morgan fingerprint density at radius 1 is 1.27 bits per heavy atom. The SMILES string of the molecule is CC.Cc1cc(C=O)cc(C(=O)[O-])c1.[K+]. The molecule has 3 nitrogen and oxygen atoms in total. The third kappa shape index (κ3) is 6.22. The second-order valence-corrected chi connectivity index (χ2v) is 2.54. The first kappa shape index (κ1) is 17.4. The largest absolute Gasteiger partial charge is 1.00 e. The van der Waals surface area contributed by atoms with E-state index in [2.05, 4.69) is 0 Å². The number of carboxylic acids is 1. The van der Waals surface area contributed by atoms with Gasteiger partial charge in [0.25, 0.3) is 0 Å². The maximum atomic E-state index is 10.4. The monoisotopic (exact) mass is 232 g/mol. The fourth-order valence-electron chi connectivity index (χ4n) is 0.999. The average Bonchev–Trinajstić information content (AvgIpc) is 2.20. The Morgan fingerprint density at radius 2 is 1.80 bits per heavy atom. The minimum absolute atomic E-state index is 0. The third-order valence-electron chi connectivity index (χ3n) is 1.47. The first-order valence-electron chi connectivity index (χ1n) is 4.41.